The van der Waals surface area contributed by atoms with Crippen LogP contribution in [0.2, 0.25) is 5.02 Å². The molecule has 0 aliphatic heterocycles. The number of carbonyl (C=O) groups excluding carboxylic acids is 2. The van der Waals surface area contributed by atoms with Crippen molar-refractivity contribution in [1.82, 2.24) is 4.98 Å². The van der Waals surface area contributed by atoms with Crippen LogP contribution < -0.4 is 34.7 Å². The van der Waals surface area contributed by atoms with E-state index in [0.29, 0.717) is 17.2 Å². The molecular weight excluding hydrogens is 465 g/mol. The molecule has 3 rings (SSSR count). The van der Waals surface area contributed by atoms with E-state index in [0.717, 1.165) is 46.9 Å². The predicted molar refractivity (Wildman–Crippen MR) is 131 cm³/mol. The van der Waals surface area contributed by atoms with Gasteiger partial charge in [0.1, 0.15) is 6.29 Å². The number of halogens is 1. The number of carboxylic acid groups (broad SMARTS) is 1. The van der Waals surface area contributed by atoms with Crippen molar-refractivity contribution < 1.29 is 44.3 Å². The Morgan fingerprint density at radius 2 is 1.94 bits per heavy atom. The maximum Gasteiger partial charge on any atom is 1.00 e. The first-order valence-corrected chi connectivity index (χ1v) is 12.0. The fourth-order valence-corrected chi connectivity index (χ4v) is 4.80. The summed E-state index contributed by atoms with van der Waals surface area (Å²) in [7, 11) is 0. The summed E-state index contributed by atoms with van der Waals surface area (Å²) in [5, 5.41) is 12.9. The number of benzene rings is 2. The molecule has 0 radical (unpaired) electrons. The molecule has 0 amide bonds. The van der Waals surface area contributed by atoms with Gasteiger partial charge in [-0.2, -0.15) is 11.8 Å². The van der Waals surface area contributed by atoms with E-state index in [-0.39, 0.29) is 34.8 Å². The van der Waals surface area contributed by atoms with Crippen molar-refractivity contribution in [2.75, 3.05) is 5.75 Å². The van der Waals surface area contributed by atoms with Crippen molar-refractivity contribution in [1.29, 1.82) is 0 Å². The van der Waals surface area contributed by atoms with Gasteiger partial charge in [-0.25, -0.2) is 4.98 Å². The summed E-state index contributed by atoms with van der Waals surface area (Å²) in [6, 6.07) is 17.8. The zero-order valence-corrected chi connectivity index (χ0v) is 22.4. The molecule has 0 aliphatic rings. The van der Waals surface area contributed by atoms with Gasteiger partial charge in [0.2, 0.25) is 0 Å². The van der Waals surface area contributed by atoms with E-state index in [1.165, 1.54) is 0 Å². The van der Waals surface area contributed by atoms with Crippen LogP contribution in [-0.4, -0.2) is 23.0 Å². The van der Waals surface area contributed by atoms with Crippen molar-refractivity contribution in [3.05, 3.63) is 76.4 Å². The van der Waals surface area contributed by atoms with Gasteiger partial charge in [0.05, 0.1) is 11.2 Å². The number of thioether (sulfide) groups is 1. The topological polar surface area (TPSA) is 70.1 Å². The van der Waals surface area contributed by atoms with Crippen LogP contribution in [0.1, 0.15) is 48.3 Å². The average Bonchev–Trinajstić information content (AvgIpc) is 2.79. The molecule has 0 aliphatic carbocycles. The molecule has 166 valence electrons. The Hall–Kier alpha value is -1.63. The van der Waals surface area contributed by atoms with E-state index in [1.807, 2.05) is 54.6 Å². The standard InChI is InChI=1S/C26H26ClNO3S.Na/c1-18(26(30)31)17-32-25(7-2-3-14-29)21-6-4-5-19(15-21)8-12-23-13-10-20-9-11-22(27)16-24(20)28-23;/h4-6,8-16,18,25H,2-3,7,17H2,1H3,(H,30,31);/q;+1/p-1/t18-,25+;/m1./s1. The molecule has 2 aromatic carbocycles. The number of aldehydes is 1. The second-order valence-electron chi connectivity index (χ2n) is 7.72. The van der Waals surface area contributed by atoms with Gasteiger partial charge in [-0.15, -0.1) is 0 Å². The van der Waals surface area contributed by atoms with E-state index in [9.17, 15) is 14.7 Å². The maximum absolute atomic E-state index is 11.1. The Balaban J connectivity index is 0.00000385. The second kappa shape index (κ2) is 13.9. The summed E-state index contributed by atoms with van der Waals surface area (Å²) in [5.74, 6) is -1.09. The molecule has 0 spiro atoms. The number of carbonyl (C=O) groups is 2. The predicted octanol–water partition coefficient (Wildman–Crippen LogP) is 2.59. The molecule has 7 heteroatoms. The van der Waals surface area contributed by atoms with Crippen LogP contribution in [0, 0.1) is 5.92 Å². The van der Waals surface area contributed by atoms with Gasteiger partial charge in [-0.1, -0.05) is 61.0 Å². The molecule has 4 nitrogen and oxygen atoms in total. The maximum atomic E-state index is 11.1. The van der Waals surface area contributed by atoms with Crippen LogP contribution in [0.5, 0.6) is 0 Å². The van der Waals surface area contributed by atoms with Crippen molar-refractivity contribution in [3.63, 3.8) is 0 Å². The third kappa shape index (κ3) is 8.58. The van der Waals surface area contributed by atoms with Crippen molar-refractivity contribution in [3.8, 4) is 0 Å². The molecule has 0 unspecified atom stereocenters. The smallest absolute Gasteiger partial charge is 0.550 e. The van der Waals surface area contributed by atoms with Crippen LogP contribution >= 0.6 is 23.4 Å². The molecule has 1 heterocycles. The number of hydrogen-bond acceptors (Lipinski definition) is 5. The molecule has 1 aromatic heterocycles. The first kappa shape index (κ1) is 27.6. The fourth-order valence-electron chi connectivity index (χ4n) is 3.30. The summed E-state index contributed by atoms with van der Waals surface area (Å²) >= 11 is 7.69. The normalized spacial score (nSPS) is 12.9. The monoisotopic (exact) mass is 489 g/mol. The van der Waals surface area contributed by atoms with Gasteiger partial charge in [0.15, 0.2) is 0 Å². The molecule has 3 aromatic rings. The van der Waals surface area contributed by atoms with Gasteiger partial charge >= 0.3 is 29.6 Å². The number of aliphatic carboxylic acids is 1. The SMILES string of the molecule is C[C@H](CS[C@@H](CCCC=O)c1cccc(C=Cc2ccc3ccc(Cl)cc3n2)c1)C(=O)[O-].[Na+]. The Morgan fingerprint density at radius 1 is 1.15 bits per heavy atom. The van der Waals surface area contributed by atoms with E-state index in [2.05, 4.69) is 17.1 Å². The third-order valence-corrected chi connectivity index (χ3v) is 6.98. The second-order valence-corrected chi connectivity index (χ2v) is 9.39. The fraction of sp³-hybridized carbons (Fsp3) is 0.269. The minimum atomic E-state index is -1.04. The van der Waals surface area contributed by atoms with Crippen LogP contribution in [0.4, 0.5) is 0 Å². The first-order chi connectivity index (χ1) is 15.5. The Bertz CT molecular complexity index is 1120. The van der Waals surface area contributed by atoms with E-state index in [1.54, 1.807) is 18.7 Å². The largest absolute Gasteiger partial charge is 1.00 e. The first-order valence-electron chi connectivity index (χ1n) is 10.6. The Morgan fingerprint density at radius 3 is 2.70 bits per heavy atom. The number of hydrogen-bond donors (Lipinski definition) is 0. The quantitative estimate of drug-likeness (QED) is 0.235. The van der Waals surface area contributed by atoms with Crippen LogP contribution in [0.25, 0.3) is 23.1 Å². The summed E-state index contributed by atoms with van der Waals surface area (Å²) < 4.78 is 0. The summed E-state index contributed by atoms with van der Waals surface area (Å²) in [6.45, 7) is 1.66. The summed E-state index contributed by atoms with van der Waals surface area (Å²) in [4.78, 5) is 26.5. The zero-order chi connectivity index (χ0) is 22.9. The Kier molecular flexibility index (Phi) is 11.7. The molecule has 0 fully saturated rings. The van der Waals surface area contributed by atoms with Gasteiger partial charge in [-0.3, -0.25) is 0 Å². The molecule has 2 atom stereocenters. The minimum absolute atomic E-state index is 0. The summed E-state index contributed by atoms with van der Waals surface area (Å²) in [5.41, 5.74) is 3.84. The molecule has 0 saturated carbocycles. The molecule has 33 heavy (non-hydrogen) atoms. The van der Waals surface area contributed by atoms with Crippen LogP contribution in [0.3, 0.4) is 0 Å². The average molecular weight is 490 g/mol. The van der Waals surface area contributed by atoms with Gasteiger partial charge < -0.3 is 14.7 Å². The number of unbranched alkanes of at least 4 members (excludes halogenated alkanes) is 1. The molecule has 0 N–H and O–H groups in total. The molecule has 0 bridgehead atoms. The van der Waals surface area contributed by atoms with Crippen molar-refractivity contribution >= 4 is 58.7 Å². The molecular formula is C26H25ClNNaO3S. The van der Waals surface area contributed by atoms with E-state index in [4.69, 9.17) is 11.6 Å². The van der Waals surface area contributed by atoms with E-state index < -0.39 is 11.9 Å². The van der Waals surface area contributed by atoms with Gasteiger partial charge in [-0.05, 0) is 48.2 Å². The van der Waals surface area contributed by atoms with Crippen molar-refractivity contribution in [2.45, 2.75) is 31.4 Å². The van der Waals surface area contributed by atoms with Gasteiger partial charge in [0.25, 0.3) is 0 Å². The number of fused-ring (bicyclic) bond motifs is 1. The Labute approximate surface area is 226 Å². The minimum Gasteiger partial charge on any atom is -0.550 e. The number of rotatable bonds is 11. The van der Waals surface area contributed by atoms with Gasteiger partial charge in [0, 0.05) is 39.7 Å². The van der Waals surface area contributed by atoms with E-state index >= 15 is 0 Å². The number of aromatic nitrogens is 1. The number of nitrogens with zero attached hydrogens (tertiary/aromatic N) is 1. The zero-order valence-electron chi connectivity index (χ0n) is 18.9. The van der Waals surface area contributed by atoms with Crippen LogP contribution in [-0.2, 0) is 9.59 Å². The number of carboxylic acids is 1. The van der Waals surface area contributed by atoms with Crippen molar-refractivity contribution in [2.24, 2.45) is 5.92 Å². The molecule has 0 saturated heterocycles. The summed E-state index contributed by atoms with van der Waals surface area (Å²) in [6.07, 6.45) is 6.98. The number of pyridine rings is 1. The third-order valence-electron chi connectivity index (χ3n) is 5.14. The van der Waals surface area contributed by atoms with Crippen LogP contribution in [0.15, 0.2) is 54.6 Å².